The highest BCUT2D eigenvalue weighted by atomic mass is 16.6. The summed E-state index contributed by atoms with van der Waals surface area (Å²) in [6.07, 6.45) is -3.39. The molecule has 0 aromatic carbocycles. The van der Waals surface area contributed by atoms with Gasteiger partial charge < -0.3 is 20.1 Å². The molecular weight excluding hydrogens is 230 g/mol. The normalized spacial score (nSPS) is 32.9. The topological polar surface area (TPSA) is 118 Å². The summed E-state index contributed by atoms with van der Waals surface area (Å²) in [5.74, 6) is 0.304. The Bertz CT molecular complexity index is 462. The zero-order chi connectivity index (χ0) is 12.6. The minimum absolute atomic E-state index is 0.304. The highest BCUT2D eigenvalue weighted by Crippen LogP contribution is 2.27. The molecule has 0 spiro atoms. The Morgan fingerprint density at radius 2 is 2.18 bits per heavy atom. The van der Waals surface area contributed by atoms with Crippen LogP contribution in [0.4, 0.5) is 0 Å². The van der Waals surface area contributed by atoms with E-state index in [1.54, 1.807) is 6.92 Å². The summed E-state index contributed by atoms with van der Waals surface area (Å²) in [4.78, 5) is 19.0. The van der Waals surface area contributed by atoms with Crippen molar-refractivity contribution in [3.8, 4) is 0 Å². The molecule has 1 fully saturated rings. The maximum atomic E-state index is 11.6. The molecule has 4 atom stereocenters. The SMILES string of the molecule is Cc1ncn([C@@H]2O[C@H](CO)[C@@H](O)[C@H]2O)c(=O)n1. The molecule has 0 aliphatic carbocycles. The molecule has 1 aliphatic rings. The fraction of sp³-hybridized carbons (Fsp3) is 0.667. The van der Waals surface area contributed by atoms with Crippen LogP contribution in [0, 0.1) is 6.92 Å². The van der Waals surface area contributed by atoms with Gasteiger partial charge in [0.05, 0.1) is 6.61 Å². The van der Waals surface area contributed by atoms with Crippen LogP contribution < -0.4 is 5.69 Å². The summed E-state index contributed by atoms with van der Waals surface area (Å²) < 4.78 is 6.16. The van der Waals surface area contributed by atoms with Gasteiger partial charge in [-0.2, -0.15) is 4.98 Å². The van der Waals surface area contributed by atoms with Gasteiger partial charge in [-0.05, 0) is 6.92 Å². The van der Waals surface area contributed by atoms with Crippen molar-refractivity contribution in [1.82, 2.24) is 14.5 Å². The lowest BCUT2D eigenvalue weighted by Crippen LogP contribution is -2.36. The number of aliphatic hydroxyl groups excluding tert-OH is 3. The standard InChI is InChI=1S/C9H13N3O5/c1-4-10-3-12(9(16)11-4)8-7(15)6(14)5(2-13)17-8/h3,5-8,13-15H,2H2,1H3/t5-,6-,7-,8-/m1/s1. The molecule has 94 valence electrons. The molecule has 0 saturated carbocycles. The van der Waals surface area contributed by atoms with Crippen LogP contribution in [-0.4, -0.2) is 54.8 Å². The van der Waals surface area contributed by atoms with Gasteiger partial charge in [-0.15, -0.1) is 0 Å². The van der Waals surface area contributed by atoms with Crippen molar-refractivity contribution in [3.05, 3.63) is 22.6 Å². The fourth-order valence-electron chi connectivity index (χ4n) is 1.70. The monoisotopic (exact) mass is 243 g/mol. The number of nitrogens with zero attached hydrogens (tertiary/aromatic N) is 3. The number of hydrogen-bond donors (Lipinski definition) is 3. The smallest absolute Gasteiger partial charge is 0.352 e. The molecular formula is C9H13N3O5. The molecule has 1 aromatic rings. The summed E-state index contributed by atoms with van der Waals surface area (Å²) in [7, 11) is 0. The third kappa shape index (κ3) is 2.07. The van der Waals surface area contributed by atoms with E-state index < -0.39 is 36.8 Å². The first-order valence-corrected chi connectivity index (χ1v) is 5.09. The van der Waals surface area contributed by atoms with Crippen molar-refractivity contribution < 1.29 is 20.1 Å². The van der Waals surface area contributed by atoms with Crippen LogP contribution in [0.5, 0.6) is 0 Å². The van der Waals surface area contributed by atoms with Crippen LogP contribution in [0.15, 0.2) is 11.1 Å². The van der Waals surface area contributed by atoms with E-state index in [0.29, 0.717) is 5.82 Å². The van der Waals surface area contributed by atoms with Crippen LogP contribution in [0.3, 0.4) is 0 Å². The van der Waals surface area contributed by atoms with Gasteiger partial charge in [-0.1, -0.05) is 0 Å². The third-order valence-electron chi connectivity index (χ3n) is 2.64. The van der Waals surface area contributed by atoms with Crippen molar-refractivity contribution in [3.63, 3.8) is 0 Å². The molecule has 1 saturated heterocycles. The maximum absolute atomic E-state index is 11.6. The average Bonchev–Trinajstić information content (AvgIpc) is 2.57. The molecule has 1 aromatic heterocycles. The third-order valence-corrected chi connectivity index (χ3v) is 2.64. The molecule has 0 bridgehead atoms. The van der Waals surface area contributed by atoms with Gasteiger partial charge in [0.1, 0.15) is 30.5 Å². The van der Waals surface area contributed by atoms with Gasteiger partial charge >= 0.3 is 5.69 Å². The molecule has 17 heavy (non-hydrogen) atoms. The zero-order valence-electron chi connectivity index (χ0n) is 9.09. The van der Waals surface area contributed by atoms with E-state index in [0.717, 1.165) is 4.57 Å². The minimum Gasteiger partial charge on any atom is -0.394 e. The largest absolute Gasteiger partial charge is 0.394 e. The van der Waals surface area contributed by atoms with Gasteiger partial charge in [0.25, 0.3) is 0 Å². The number of hydrogen-bond acceptors (Lipinski definition) is 7. The van der Waals surface area contributed by atoms with E-state index in [1.807, 2.05) is 0 Å². The quantitative estimate of drug-likeness (QED) is 0.528. The van der Waals surface area contributed by atoms with Crippen molar-refractivity contribution in [2.24, 2.45) is 0 Å². The van der Waals surface area contributed by atoms with Crippen molar-refractivity contribution >= 4 is 0 Å². The molecule has 2 rings (SSSR count). The van der Waals surface area contributed by atoms with E-state index >= 15 is 0 Å². The van der Waals surface area contributed by atoms with Crippen molar-refractivity contribution in [2.45, 2.75) is 31.5 Å². The second-order valence-electron chi connectivity index (χ2n) is 3.82. The second-order valence-corrected chi connectivity index (χ2v) is 3.82. The van der Waals surface area contributed by atoms with Crippen molar-refractivity contribution in [1.29, 1.82) is 0 Å². The first-order valence-electron chi connectivity index (χ1n) is 5.09. The lowest BCUT2D eigenvalue weighted by atomic mass is 10.1. The Morgan fingerprint density at radius 1 is 1.47 bits per heavy atom. The average molecular weight is 243 g/mol. The van der Waals surface area contributed by atoms with Crippen LogP contribution in [0.1, 0.15) is 12.1 Å². The molecule has 0 unspecified atom stereocenters. The van der Waals surface area contributed by atoms with Crippen LogP contribution >= 0.6 is 0 Å². The number of rotatable bonds is 2. The predicted octanol–water partition coefficient (Wildman–Crippen LogP) is -2.44. The fourth-order valence-corrected chi connectivity index (χ4v) is 1.70. The van der Waals surface area contributed by atoms with E-state index in [9.17, 15) is 15.0 Å². The summed E-state index contributed by atoms with van der Waals surface area (Å²) >= 11 is 0. The Kier molecular flexibility index (Phi) is 3.20. The van der Waals surface area contributed by atoms with E-state index in [1.165, 1.54) is 6.33 Å². The summed E-state index contributed by atoms with van der Waals surface area (Å²) in [6, 6.07) is 0. The lowest BCUT2D eigenvalue weighted by molar-refractivity contribution is -0.0555. The van der Waals surface area contributed by atoms with Gasteiger partial charge in [0, 0.05) is 0 Å². The lowest BCUT2D eigenvalue weighted by Gasteiger charge is -2.16. The van der Waals surface area contributed by atoms with Gasteiger partial charge in [0.15, 0.2) is 6.23 Å². The minimum atomic E-state index is -1.31. The molecule has 2 heterocycles. The van der Waals surface area contributed by atoms with Crippen LogP contribution in [-0.2, 0) is 4.74 Å². The summed E-state index contributed by atoms with van der Waals surface area (Å²) in [5.41, 5.74) is -0.632. The molecule has 0 radical (unpaired) electrons. The van der Waals surface area contributed by atoms with E-state index in [4.69, 9.17) is 9.84 Å². The maximum Gasteiger partial charge on any atom is 0.352 e. The van der Waals surface area contributed by atoms with Crippen LogP contribution in [0.25, 0.3) is 0 Å². The predicted molar refractivity (Wildman–Crippen MR) is 54.0 cm³/mol. The molecule has 8 heteroatoms. The highest BCUT2D eigenvalue weighted by molar-refractivity contribution is 4.91. The highest BCUT2D eigenvalue weighted by Gasteiger charge is 2.43. The first kappa shape index (κ1) is 12.1. The molecule has 8 nitrogen and oxygen atoms in total. The van der Waals surface area contributed by atoms with Gasteiger partial charge in [-0.3, -0.25) is 4.57 Å². The number of aromatic nitrogens is 3. The summed E-state index contributed by atoms with van der Waals surface area (Å²) in [6.45, 7) is 1.11. The zero-order valence-corrected chi connectivity index (χ0v) is 9.09. The number of aliphatic hydroxyl groups is 3. The first-order chi connectivity index (χ1) is 8.04. The molecule has 3 N–H and O–H groups in total. The number of aryl methyl sites for hydroxylation is 1. The molecule has 1 aliphatic heterocycles. The Labute approximate surface area is 96.1 Å². The Hall–Kier alpha value is -1.35. The van der Waals surface area contributed by atoms with Crippen molar-refractivity contribution in [2.75, 3.05) is 6.61 Å². The van der Waals surface area contributed by atoms with E-state index in [2.05, 4.69) is 9.97 Å². The Morgan fingerprint density at radius 3 is 2.71 bits per heavy atom. The summed E-state index contributed by atoms with van der Waals surface area (Å²) in [5, 5.41) is 28.2. The second kappa shape index (κ2) is 4.49. The van der Waals surface area contributed by atoms with Gasteiger partial charge in [-0.25, -0.2) is 9.78 Å². The van der Waals surface area contributed by atoms with Gasteiger partial charge in [0.2, 0.25) is 0 Å². The van der Waals surface area contributed by atoms with Crippen LogP contribution in [0.2, 0.25) is 0 Å². The number of ether oxygens (including phenoxy) is 1. The Balaban J connectivity index is 2.32. The molecule has 0 amide bonds. The van der Waals surface area contributed by atoms with E-state index in [-0.39, 0.29) is 0 Å².